The molecule has 4 nitrogen and oxygen atoms in total. The number of rotatable bonds is 4. The molecule has 0 radical (unpaired) electrons. The van der Waals surface area contributed by atoms with Gasteiger partial charge in [0.2, 0.25) is 0 Å². The highest BCUT2D eigenvalue weighted by Crippen LogP contribution is 2.33. The van der Waals surface area contributed by atoms with Crippen molar-refractivity contribution in [2.45, 2.75) is 31.1 Å². The molecule has 0 saturated heterocycles. The minimum atomic E-state index is -0.552. The van der Waals surface area contributed by atoms with Crippen LogP contribution in [0.1, 0.15) is 19.8 Å². The predicted molar refractivity (Wildman–Crippen MR) is 55.5 cm³/mol. The van der Waals surface area contributed by atoms with Crippen molar-refractivity contribution in [2.24, 2.45) is 5.92 Å². The number of amides is 1. The second-order valence-electron chi connectivity index (χ2n) is 3.53. The van der Waals surface area contributed by atoms with Gasteiger partial charge in [0.1, 0.15) is 0 Å². The fourth-order valence-electron chi connectivity index (χ4n) is 1.30. The topological polar surface area (TPSA) is 55.4 Å². The van der Waals surface area contributed by atoms with E-state index in [-0.39, 0.29) is 17.0 Å². The number of carbonyl (C=O) groups excluding carboxylic acids is 2. The van der Waals surface area contributed by atoms with Crippen molar-refractivity contribution < 1.29 is 14.3 Å². The molecule has 0 aliphatic heterocycles. The largest absolute Gasteiger partial charge is 0.453 e. The van der Waals surface area contributed by atoms with E-state index in [4.69, 9.17) is 0 Å². The van der Waals surface area contributed by atoms with Crippen molar-refractivity contribution in [3.05, 3.63) is 0 Å². The Bertz CT molecular complexity index is 238. The van der Waals surface area contributed by atoms with Gasteiger partial charge in [0.05, 0.1) is 18.4 Å². The van der Waals surface area contributed by atoms with E-state index in [2.05, 4.69) is 22.7 Å². The first-order valence-corrected chi connectivity index (χ1v) is 5.14. The first-order valence-electron chi connectivity index (χ1n) is 4.62. The van der Waals surface area contributed by atoms with Gasteiger partial charge < -0.3 is 10.1 Å². The number of ether oxygens (including phenoxy) is 1. The first-order chi connectivity index (χ1) is 6.56. The molecular weight excluding hydrogens is 202 g/mol. The molecule has 1 amide bonds. The van der Waals surface area contributed by atoms with E-state index in [0.29, 0.717) is 0 Å². The van der Waals surface area contributed by atoms with Crippen molar-refractivity contribution in [3.8, 4) is 0 Å². The minimum absolute atomic E-state index is 0.0405. The smallest absolute Gasteiger partial charge is 0.407 e. The summed E-state index contributed by atoms with van der Waals surface area (Å²) in [6, 6.07) is -0.421. The third-order valence-electron chi connectivity index (χ3n) is 2.27. The lowest BCUT2D eigenvalue weighted by molar-refractivity contribution is -0.120. The summed E-state index contributed by atoms with van der Waals surface area (Å²) in [7, 11) is 1.29. The van der Waals surface area contributed by atoms with Gasteiger partial charge in [-0.05, 0) is 25.7 Å². The number of methoxy groups -OCH3 is 1. The van der Waals surface area contributed by atoms with Gasteiger partial charge in [-0.25, -0.2) is 4.79 Å². The first kappa shape index (κ1) is 11.4. The Balaban J connectivity index is 2.55. The van der Waals surface area contributed by atoms with Gasteiger partial charge >= 0.3 is 6.09 Å². The van der Waals surface area contributed by atoms with Crippen LogP contribution >= 0.6 is 12.6 Å². The number of hydrogen-bond acceptors (Lipinski definition) is 4. The molecule has 0 spiro atoms. The molecule has 1 aliphatic carbocycles. The Morgan fingerprint density at radius 1 is 1.50 bits per heavy atom. The zero-order valence-electron chi connectivity index (χ0n) is 8.32. The Kier molecular flexibility index (Phi) is 3.80. The van der Waals surface area contributed by atoms with Gasteiger partial charge in [0, 0.05) is 0 Å². The second kappa shape index (κ2) is 4.68. The summed E-state index contributed by atoms with van der Waals surface area (Å²) >= 11 is 4.06. The highest BCUT2D eigenvalue weighted by molar-refractivity contribution is 7.81. The number of thiol groups is 1. The summed E-state index contributed by atoms with van der Waals surface area (Å²) in [6.07, 6.45) is 1.42. The zero-order valence-corrected chi connectivity index (χ0v) is 9.21. The monoisotopic (exact) mass is 217 g/mol. The maximum atomic E-state index is 11.6. The SMILES string of the molecule is COC(=O)N[C@@H](C(=O)C(C)S)C1CC1. The Labute approximate surface area is 88.8 Å². The molecular formula is C9H15NO3S. The summed E-state index contributed by atoms with van der Waals surface area (Å²) in [6.45, 7) is 1.71. The molecule has 14 heavy (non-hydrogen) atoms. The summed E-state index contributed by atoms with van der Waals surface area (Å²) < 4.78 is 4.46. The highest BCUT2D eigenvalue weighted by atomic mass is 32.1. The molecule has 2 atom stereocenters. The quantitative estimate of drug-likeness (QED) is 0.691. The van der Waals surface area contributed by atoms with Crippen LogP contribution in [0.15, 0.2) is 0 Å². The predicted octanol–water partition coefficient (Wildman–Crippen LogP) is 1.01. The molecule has 1 rings (SSSR count). The van der Waals surface area contributed by atoms with Crippen molar-refractivity contribution in [2.75, 3.05) is 7.11 Å². The van der Waals surface area contributed by atoms with E-state index < -0.39 is 12.1 Å². The molecule has 5 heteroatoms. The average molecular weight is 217 g/mol. The lowest BCUT2D eigenvalue weighted by Crippen LogP contribution is -2.45. The van der Waals surface area contributed by atoms with Crippen LogP contribution in [0.4, 0.5) is 4.79 Å². The van der Waals surface area contributed by atoms with E-state index in [9.17, 15) is 9.59 Å². The summed E-state index contributed by atoms with van der Waals surface area (Å²) in [5, 5.41) is 2.20. The van der Waals surface area contributed by atoms with Crippen LogP contribution in [-0.2, 0) is 9.53 Å². The number of alkyl carbamates (subject to hydrolysis) is 1. The van der Waals surface area contributed by atoms with E-state index >= 15 is 0 Å². The summed E-state index contributed by atoms with van der Waals surface area (Å²) in [4.78, 5) is 22.6. The van der Waals surface area contributed by atoms with Crippen LogP contribution in [0.2, 0.25) is 0 Å². The number of Topliss-reactive ketones (excluding diaryl/α,β-unsaturated/α-hetero) is 1. The van der Waals surface area contributed by atoms with Crippen molar-refractivity contribution in [1.82, 2.24) is 5.32 Å². The van der Waals surface area contributed by atoms with Gasteiger partial charge in [0.15, 0.2) is 5.78 Å². The molecule has 1 aliphatic rings. The lowest BCUT2D eigenvalue weighted by Gasteiger charge is -2.17. The van der Waals surface area contributed by atoms with E-state index in [1.165, 1.54) is 7.11 Å². The van der Waals surface area contributed by atoms with Crippen LogP contribution in [0.5, 0.6) is 0 Å². The Hall–Kier alpha value is -0.710. The van der Waals surface area contributed by atoms with Crippen molar-refractivity contribution >= 4 is 24.5 Å². The molecule has 0 bridgehead atoms. The fraction of sp³-hybridized carbons (Fsp3) is 0.778. The van der Waals surface area contributed by atoms with Crippen LogP contribution in [0, 0.1) is 5.92 Å². The molecule has 1 fully saturated rings. The van der Waals surface area contributed by atoms with Crippen LogP contribution in [-0.4, -0.2) is 30.3 Å². The third-order valence-corrected chi connectivity index (χ3v) is 2.52. The number of nitrogens with one attached hydrogen (secondary N) is 1. The zero-order chi connectivity index (χ0) is 10.7. The molecule has 0 heterocycles. The fourth-order valence-corrected chi connectivity index (χ4v) is 1.46. The maximum absolute atomic E-state index is 11.6. The third kappa shape index (κ3) is 2.90. The van der Waals surface area contributed by atoms with E-state index in [1.807, 2.05) is 0 Å². The van der Waals surface area contributed by atoms with Gasteiger partial charge in [-0.2, -0.15) is 12.6 Å². The minimum Gasteiger partial charge on any atom is -0.453 e. The van der Waals surface area contributed by atoms with Crippen LogP contribution < -0.4 is 5.32 Å². The van der Waals surface area contributed by atoms with Crippen LogP contribution in [0.25, 0.3) is 0 Å². The number of hydrogen-bond donors (Lipinski definition) is 2. The van der Waals surface area contributed by atoms with Crippen molar-refractivity contribution in [3.63, 3.8) is 0 Å². The van der Waals surface area contributed by atoms with Gasteiger partial charge in [-0.1, -0.05) is 0 Å². The normalized spacial score (nSPS) is 19.6. The molecule has 0 aromatic heterocycles. The number of carbonyl (C=O) groups is 2. The summed E-state index contributed by atoms with van der Waals surface area (Å²) in [5.74, 6) is 0.234. The lowest BCUT2D eigenvalue weighted by atomic mass is 10.1. The standard InChI is InChI=1S/C9H15NO3S/c1-5(14)8(11)7(6-3-4-6)10-9(12)13-2/h5-7,14H,3-4H2,1-2H3,(H,10,12)/t5?,7-/m1/s1. The van der Waals surface area contributed by atoms with E-state index in [1.54, 1.807) is 6.92 Å². The Morgan fingerprint density at radius 2 is 2.07 bits per heavy atom. The van der Waals surface area contributed by atoms with E-state index in [0.717, 1.165) is 12.8 Å². The maximum Gasteiger partial charge on any atom is 0.407 e. The second-order valence-corrected chi connectivity index (χ2v) is 4.30. The summed E-state index contributed by atoms with van der Waals surface area (Å²) in [5.41, 5.74) is 0. The molecule has 1 unspecified atom stereocenters. The highest BCUT2D eigenvalue weighted by Gasteiger charge is 2.38. The van der Waals surface area contributed by atoms with Gasteiger partial charge in [-0.15, -0.1) is 0 Å². The molecule has 80 valence electrons. The van der Waals surface area contributed by atoms with Gasteiger partial charge in [0.25, 0.3) is 0 Å². The number of ketones is 1. The molecule has 1 N–H and O–H groups in total. The molecule has 0 aromatic rings. The molecule has 0 aromatic carbocycles. The van der Waals surface area contributed by atoms with Crippen LogP contribution in [0.3, 0.4) is 0 Å². The molecule has 1 saturated carbocycles. The Morgan fingerprint density at radius 3 is 2.43 bits per heavy atom. The van der Waals surface area contributed by atoms with Gasteiger partial charge in [-0.3, -0.25) is 4.79 Å². The van der Waals surface area contributed by atoms with Crippen molar-refractivity contribution in [1.29, 1.82) is 0 Å². The average Bonchev–Trinajstić information content (AvgIpc) is 2.95.